The van der Waals surface area contributed by atoms with Gasteiger partial charge in [0.2, 0.25) is 0 Å². The number of carbonyl (C=O) groups excluding carboxylic acids is 1. The van der Waals surface area contributed by atoms with Gasteiger partial charge >= 0.3 is 0 Å². The molecular weight excluding hydrogens is 202 g/mol. The summed E-state index contributed by atoms with van der Waals surface area (Å²) in [5.41, 5.74) is 1.99. The van der Waals surface area contributed by atoms with Crippen LogP contribution in [-0.4, -0.2) is 10.8 Å². The minimum absolute atomic E-state index is 0.0119. The summed E-state index contributed by atoms with van der Waals surface area (Å²) in [7, 11) is 0. The van der Waals surface area contributed by atoms with Crippen LogP contribution in [0.1, 0.15) is 37.0 Å². The molecule has 0 N–H and O–H groups in total. The van der Waals surface area contributed by atoms with Gasteiger partial charge in [-0.2, -0.15) is 0 Å². The Morgan fingerprint density at radius 3 is 2.81 bits per heavy atom. The summed E-state index contributed by atoms with van der Waals surface area (Å²) in [6.07, 6.45) is 0.798. The van der Waals surface area contributed by atoms with Crippen molar-refractivity contribution in [2.24, 2.45) is 5.92 Å². The Balaban J connectivity index is 2.52. The normalized spacial score (nSPS) is 11.2. The predicted octanol–water partition coefficient (Wildman–Crippen LogP) is 3.23. The van der Waals surface area contributed by atoms with Crippen molar-refractivity contribution < 1.29 is 9.21 Å². The second-order valence-corrected chi connectivity index (χ2v) is 4.42. The lowest BCUT2D eigenvalue weighted by atomic mass is 10.1. The number of aromatic nitrogens is 1. The Morgan fingerprint density at radius 2 is 2.19 bits per heavy atom. The van der Waals surface area contributed by atoms with E-state index in [1.165, 1.54) is 0 Å². The fourth-order valence-electron chi connectivity index (χ4n) is 1.71. The Labute approximate surface area is 94.5 Å². The van der Waals surface area contributed by atoms with E-state index in [4.69, 9.17) is 4.42 Å². The number of para-hydroxylation sites is 1. The third-order valence-electron chi connectivity index (χ3n) is 2.42. The van der Waals surface area contributed by atoms with Crippen LogP contribution >= 0.6 is 0 Å². The van der Waals surface area contributed by atoms with Gasteiger partial charge in [0.05, 0.1) is 5.56 Å². The molecule has 0 unspecified atom stereocenters. The van der Waals surface area contributed by atoms with Crippen molar-refractivity contribution in [2.75, 3.05) is 0 Å². The zero-order valence-electron chi connectivity index (χ0n) is 9.78. The van der Waals surface area contributed by atoms with Crippen LogP contribution in [-0.2, 0) is 6.42 Å². The topological polar surface area (TPSA) is 43.1 Å². The highest BCUT2D eigenvalue weighted by atomic mass is 16.3. The summed E-state index contributed by atoms with van der Waals surface area (Å²) < 4.78 is 5.64. The zero-order chi connectivity index (χ0) is 11.7. The molecule has 3 heteroatoms. The first-order valence-electron chi connectivity index (χ1n) is 5.47. The average Bonchev–Trinajstić information content (AvgIpc) is 2.57. The van der Waals surface area contributed by atoms with Crippen LogP contribution in [0, 0.1) is 5.92 Å². The second kappa shape index (κ2) is 4.08. The van der Waals surface area contributed by atoms with Crippen molar-refractivity contribution in [2.45, 2.75) is 27.2 Å². The fourth-order valence-corrected chi connectivity index (χ4v) is 1.71. The maximum absolute atomic E-state index is 11.4. The SMILES string of the molecule is CC(=O)c1cccc2nc(CC(C)C)oc12. The quantitative estimate of drug-likeness (QED) is 0.741. The second-order valence-electron chi connectivity index (χ2n) is 4.42. The van der Waals surface area contributed by atoms with Gasteiger partial charge in [-0.05, 0) is 25.0 Å². The molecule has 0 aliphatic rings. The van der Waals surface area contributed by atoms with Crippen molar-refractivity contribution in [3.05, 3.63) is 29.7 Å². The molecule has 3 nitrogen and oxygen atoms in total. The smallest absolute Gasteiger partial charge is 0.195 e. The molecule has 0 bridgehead atoms. The number of hydrogen-bond acceptors (Lipinski definition) is 3. The van der Waals surface area contributed by atoms with Gasteiger partial charge in [0.1, 0.15) is 5.52 Å². The first kappa shape index (κ1) is 10.9. The highest BCUT2D eigenvalue weighted by molar-refractivity contribution is 6.03. The lowest BCUT2D eigenvalue weighted by Gasteiger charge is -1.97. The highest BCUT2D eigenvalue weighted by Crippen LogP contribution is 2.21. The van der Waals surface area contributed by atoms with Gasteiger partial charge in [0.15, 0.2) is 17.3 Å². The molecule has 0 atom stereocenters. The molecule has 16 heavy (non-hydrogen) atoms. The van der Waals surface area contributed by atoms with Crippen LogP contribution in [0.3, 0.4) is 0 Å². The maximum atomic E-state index is 11.4. The molecule has 1 aromatic heterocycles. The molecular formula is C13H15NO2. The van der Waals surface area contributed by atoms with Crippen LogP contribution in [0.5, 0.6) is 0 Å². The number of nitrogens with zero attached hydrogens (tertiary/aromatic N) is 1. The van der Waals surface area contributed by atoms with Crippen LogP contribution in [0.4, 0.5) is 0 Å². The van der Waals surface area contributed by atoms with Crippen molar-refractivity contribution in [1.29, 1.82) is 0 Å². The largest absolute Gasteiger partial charge is 0.440 e. The van der Waals surface area contributed by atoms with E-state index in [2.05, 4.69) is 18.8 Å². The summed E-state index contributed by atoms with van der Waals surface area (Å²) in [6, 6.07) is 5.48. The standard InChI is InChI=1S/C13H15NO2/c1-8(2)7-12-14-11-6-4-5-10(9(3)15)13(11)16-12/h4-6,8H,7H2,1-3H3. The van der Waals surface area contributed by atoms with E-state index >= 15 is 0 Å². The van der Waals surface area contributed by atoms with Crippen LogP contribution in [0.15, 0.2) is 22.6 Å². The minimum Gasteiger partial charge on any atom is -0.440 e. The van der Waals surface area contributed by atoms with E-state index in [1.807, 2.05) is 12.1 Å². The van der Waals surface area contributed by atoms with E-state index in [9.17, 15) is 4.79 Å². The van der Waals surface area contributed by atoms with Gasteiger partial charge in [0.25, 0.3) is 0 Å². The van der Waals surface area contributed by atoms with E-state index < -0.39 is 0 Å². The molecule has 0 saturated heterocycles. The Hall–Kier alpha value is -1.64. The van der Waals surface area contributed by atoms with Crippen molar-refractivity contribution in [1.82, 2.24) is 4.98 Å². The Bertz CT molecular complexity index is 526. The monoisotopic (exact) mass is 217 g/mol. The van der Waals surface area contributed by atoms with Crippen molar-refractivity contribution in [3.8, 4) is 0 Å². The zero-order valence-corrected chi connectivity index (χ0v) is 9.78. The third-order valence-corrected chi connectivity index (χ3v) is 2.42. The lowest BCUT2D eigenvalue weighted by Crippen LogP contribution is -1.93. The van der Waals surface area contributed by atoms with Gasteiger partial charge in [0, 0.05) is 6.42 Å². The average molecular weight is 217 g/mol. The first-order valence-corrected chi connectivity index (χ1v) is 5.47. The number of fused-ring (bicyclic) bond motifs is 1. The number of oxazole rings is 1. The number of ketones is 1. The van der Waals surface area contributed by atoms with Gasteiger partial charge in [-0.3, -0.25) is 4.79 Å². The predicted molar refractivity (Wildman–Crippen MR) is 62.6 cm³/mol. The van der Waals surface area contributed by atoms with Gasteiger partial charge in [-0.25, -0.2) is 4.98 Å². The van der Waals surface area contributed by atoms with E-state index in [1.54, 1.807) is 13.0 Å². The number of Topliss-reactive ketones (excluding diaryl/α,β-unsaturated/α-hetero) is 1. The molecule has 0 fully saturated rings. The fraction of sp³-hybridized carbons (Fsp3) is 0.385. The Morgan fingerprint density at radius 1 is 1.44 bits per heavy atom. The summed E-state index contributed by atoms with van der Waals surface area (Å²) in [5, 5.41) is 0. The molecule has 1 aromatic carbocycles. The molecule has 0 radical (unpaired) electrons. The highest BCUT2D eigenvalue weighted by Gasteiger charge is 2.13. The number of carbonyl (C=O) groups is 1. The van der Waals surface area contributed by atoms with Crippen LogP contribution in [0.2, 0.25) is 0 Å². The van der Waals surface area contributed by atoms with E-state index in [0.29, 0.717) is 23.0 Å². The van der Waals surface area contributed by atoms with Crippen LogP contribution < -0.4 is 0 Å². The number of benzene rings is 1. The summed E-state index contributed by atoms with van der Waals surface area (Å²) >= 11 is 0. The summed E-state index contributed by atoms with van der Waals surface area (Å²) in [4.78, 5) is 15.8. The van der Waals surface area contributed by atoms with E-state index in [0.717, 1.165) is 11.9 Å². The lowest BCUT2D eigenvalue weighted by molar-refractivity contribution is 0.101. The molecule has 84 valence electrons. The van der Waals surface area contributed by atoms with Gasteiger partial charge < -0.3 is 4.42 Å². The maximum Gasteiger partial charge on any atom is 0.195 e. The number of hydrogen-bond donors (Lipinski definition) is 0. The van der Waals surface area contributed by atoms with Gasteiger partial charge in [-0.15, -0.1) is 0 Å². The van der Waals surface area contributed by atoms with E-state index in [-0.39, 0.29) is 5.78 Å². The minimum atomic E-state index is 0.0119. The summed E-state index contributed by atoms with van der Waals surface area (Å²) in [5.74, 6) is 1.21. The molecule has 0 amide bonds. The van der Waals surface area contributed by atoms with Crippen molar-refractivity contribution in [3.63, 3.8) is 0 Å². The molecule has 2 aromatic rings. The molecule has 0 aliphatic heterocycles. The molecule has 0 aliphatic carbocycles. The van der Waals surface area contributed by atoms with Gasteiger partial charge in [-0.1, -0.05) is 19.9 Å². The first-order chi connectivity index (χ1) is 7.58. The molecule has 0 saturated carbocycles. The third kappa shape index (κ3) is 1.98. The molecule has 0 spiro atoms. The van der Waals surface area contributed by atoms with Crippen LogP contribution in [0.25, 0.3) is 11.1 Å². The number of rotatable bonds is 3. The molecule has 2 rings (SSSR count). The molecule has 1 heterocycles. The Kier molecular flexibility index (Phi) is 2.77. The summed E-state index contributed by atoms with van der Waals surface area (Å²) in [6.45, 7) is 5.76. The van der Waals surface area contributed by atoms with Crippen molar-refractivity contribution >= 4 is 16.9 Å².